The zero-order chi connectivity index (χ0) is 16.1. The van der Waals surface area contributed by atoms with Crippen LogP contribution in [0.5, 0.6) is 0 Å². The van der Waals surface area contributed by atoms with Crippen molar-refractivity contribution in [2.24, 2.45) is 0 Å². The lowest BCUT2D eigenvalue weighted by Crippen LogP contribution is -2.41. The van der Waals surface area contributed by atoms with Crippen LogP contribution in [0.1, 0.15) is 12.5 Å². The van der Waals surface area contributed by atoms with E-state index < -0.39 is 30.3 Å². The fourth-order valence-electron chi connectivity index (χ4n) is 2.16. The summed E-state index contributed by atoms with van der Waals surface area (Å²) < 4.78 is 0. The summed E-state index contributed by atoms with van der Waals surface area (Å²) in [6, 6.07) is 8.86. The summed E-state index contributed by atoms with van der Waals surface area (Å²) in [7, 11) is 0. The van der Waals surface area contributed by atoms with Crippen LogP contribution in [0, 0.1) is 0 Å². The number of urea groups is 1. The maximum absolute atomic E-state index is 11.8. The van der Waals surface area contributed by atoms with Crippen molar-refractivity contribution in [3.05, 3.63) is 35.9 Å². The second kappa shape index (κ2) is 6.84. The predicted molar refractivity (Wildman–Crippen MR) is 77.7 cm³/mol. The fraction of sp³-hybridized carbons (Fsp3) is 0.333. The van der Waals surface area contributed by atoms with Crippen molar-refractivity contribution in [3.8, 4) is 0 Å². The lowest BCUT2D eigenvalue weighted by molar-refractivity contribution is -0.143. The Bertz CT molecular complexity index is 600. The van der Waals surface area contributed by atoms with E-state index in [1.54, 1.807) is 6.92 Å². The lowest BCUT2D eigenvalue weighted by atomic mass is 10.1. The highest BCUT2D eigenvalue weighted by molar-refractivity contribution is 6.45. The Morgan fingerprint density at radius 3 is 2.27 bits per heavy atom. The standard InChI is InChI=1S/C15H17N3O4/c1-2-17-13(20)14(21)18(15(17)22)10-12(19)16-9-8-11-6-4-3-5-7-11/h3-7H,2,8-10H2,1H3,(H,16,19). The van der Waals surface area contributed by atoms with Crippen molar-refractivity contribution < 1.29 is 19.2 Å². The topological polar surface area (TPSA) is 86.8 Å². The average molecular weight is 303 g/mol. The van der Waals surface area contributed by atoms with Gasteiger partial charge in [0, 0.05) is 13.1 Å². The molecule has 2 rings (SSSR count). The molecule has 1 N–H and O–H groups in total. The molecule has 5 amide bonds. The van der Waals surface area contributed by atoms with E-state index in [9.17, 15) is 19.2 Å². The number of amides is 5. The SMILES string of the molecule is CCN1C(=O)C(=O)N(CC(=O)NCCc2ccccc2)C1=O. The molecule has 0 bridgehead atoms. The summed E-state index contributed by atoms with van der Waals surface area (Å²) in [6.45, 7) is 1.65. The zero-order valence-corrected chi connectivity index (χ0v) is 12.2. The molecule has 0 radical (unpaired) electrons. The molecule has 1 aliphatic rings. The summed E-state index contributed by atoms with van der Waals surface area (Å²) in [4.78, 5) is 48.3. The number of hydrogen-bond acceptors (Lipinski definition) is 4. The molecule has 7 heteroatoms. The number of likely N-dealkylation sites (N-methyl/N-ethyl adjacent to an activating group) is 1. The van der Waals surface area contributed by atoms with Crippen LogP contribution in [0.3, 0.4) is 0 Å². The Kier molecular flexibility index (Phi) is 4.88. The van der Waals surface area contributed by atoms with Crippen LogP contribution in [0.2, 0.25) is 0 Å². The second-order valence-electron chi connectivity index (χ2n) is 4.81. The van der Waals surface area contributed by atoms with Gasteiger partial charge in [0.1, 0.15) is 6.54 Å². The van der Waals surface area contributed by atoms with E-state index in [1.807, 2.05) is 30.3 Å². The molecule has 1 fully saturated rings. The minimum absolute atomic E-state index is 0.107. The van der Waals surface area contributed by atoms with Gasteiger partial charge >= 0.3 is 17.8 Å². The molecule has 1 aromatic rings. The summed E-state index contributed by atoms with van der Waals surface area (Å²) >= 11 is 0. The number of imide groups is 2. The van der Waals surface area contributed by atoms with Crippen LogP contribution in [0.15, 0.2) is 30.3 Å². The van der Waals surface area contributed by atoms with Gasteiger partial charge in [0.05, 0.1) is 0 Å². The summed E-state index contributed by atoms with van der Waals surface area (Å²) in [5.41, 5.74) is 1.07. The van der Waals surface area contributed by atoms with E-state index in [2.05, 4.69) is 5.32 Å². The van der Waals surface area contributed by atoms with Gasteiger partial charge in [-0.15, -0.1) is 0 Å². The Balaban J connectivity index is 1.83. The molecule has 0 saturated carbocycles. The first-order valence-corrected chi connectivity index (χ1v) is 7.02. The zero-order valence-electron chi connectivity index (χ0n) is 12.2. The Hall–Kier alpha value is -2.70. The summed E-state index contributed by atoms with van der Waals surface area (Å²) in [5, 5.41) is 2.63. The van der Waals surface area contributed by atoms with Gasteiger partial charge in [-0.3, -0.25) is 19.3 Å². The van der Waals surface area contributed by atoms with E-state index in [0.29, 0.717) is 17.9 Å². The first-order valence-electron chi connectivity index (χ1n) is 7.02. The highest BCUT2D eigenvalue weighted by atomic mass is 16.2. The van der Waals surface area contributed by atoms with Crippen molar-refractivity contribution in [2.45, 2.75) is 13.3 Å². The molecule has 0 aromatic heterocycles. The van der Waals surface area contributed by atoms with Crippen molar-refractivity contribution in [2.75, 3.05) is 19.6 Å². The van der Waals surface area contributed by atoms with Crippen molar-refractivity contribution in [3.63, 3.8) is 0 Å². The van der Waals surface area contributed by atoms with Gasteiger partial charge in [0.25, 0.3) is 0 Å². The van der Waals surface area contributed by atoms with Gasteiger partial charge in [-0.2, -0.15) is 0 Å². The molecule has 7 nitrogen and oxygen atoms in total. The molecule has 1 heterocycles. The van der Waals surface area contributed by atoms with Gasteiger partial charge in [-0.1, -0.05) is 30.3 Å². The van der Waals surface area contributed by atoms with E-state index in [0.717, 1.165) is 10.5 Å². The van der Waals surface area contributed by atoms with Crippen molar-refractivity contribution in [1.29, 1.82) is 0 Å². The largest absolute Gasteiger partial charge is 0.354 e. The van der Waals surface area contributed by atoms with Gasteiger partial charge in [0.2, 0.25) is 5.91 Å². The van der Waals surface area contributed by atoms with Crippen LogP contribution in [0.4, 0.5) is 4.79 Å². The van der Waals surface area contributed by atoms with Crippen LogP contribution >= 0.6 is 0 Å². The molecular formula is C15H17N3O4. The van der Waals surface area contributed by atoms with Crippen LogP contribution < -0.4 is 5.32 Å². The van der Waals surface area contributed by atoms with E-state index in [1.165, 1.54) is 0 Å². The number of nitrogens with zero attached hydrogens (tertiary/aromatic N) is 2. The first-order chi connectivity index (χ1) is 10.5. The lowest BCUT2D eigenvalue weighted by Gasteiger charge is -2.13. The van der Waals surface area contributed by atoms with Crippen LogP contribution in [0.25, 0.3) is 0 Å². The number of hydrogen-bond donors (Lipinski definition) is 1. The number of carbonyl (C=O) groups excluding carboxylic acids is 4. The molecule has 0 aliphatic carbocycles. The molecule has 22 heavy (non-hydrogen) atoms. The molecular weight excluding hydrogens is 286 g/mol. The molecule has 0 unspecified atom stereocenters. The second-order valence-corrected chi connectivity index (χ2v) is 4.81. The normalized spacial score (nSPS) is 14.7. The first kappa shape index (κ1) is 15.7. The number of benzene rings is 1. The Morgan fingerprint density at radius 1 is 1.05 bits per heavy atom. The molecule has 0 spiro atoms. The summed E-state index contributed by atoms with van der Waals surface area (Å²) in [6.07, 6.45) is 0.647. The Morgan fingerprint density at radius 2 is 1.68 bits per heavy atom. The maximum atomic E-state index is 11.8. The van der Waals surface area contributed by atoms with Crippen LogP contribution in [-0.2, 0) is 20.8 Å². The third kappa shape index (κ3) is 3.30. The third-order valence-electron chi connectivity index (χ3n) is 3.33. The van der Waals surface area contributed by atoms with E-state index in [-0.39, 0.29) is 6.54 Å². The van der Waals surface area contributed by atoms with Gasteiger partial charge in [-0.25, -0.2) is 9.69 Å². The minimum atomic E-state index is -0.954. The summed E-state index contributed by atoms with van der Waals surface area (Å²) in [5.74, 6) is -2.31. The monoisotopic (exact) mass is 303 g/mol. The number of nitrogens with one attached hydrogen (secondary N) is 1. The van der Waals surface area contributed by atoms with Crippen molar-refractivity contribution >= 4 is 23.8 Å². The maximum Gasteiger partial charge on any atom is 0.334 e. The number of rotatable bonds is 6. The Labute approximate surface area is 127 Å². The highest BCUT2D eigenvalue weighted by Crippen LogP contribution is 2.10. The minimum Gasteiger partial charge on any atom is -0.354 e. The highest BCUT2D eigenvalue weighted by Gasteiger charge is 2.44. The van der Waals surface area contributed by atoms with Gasteiger partial charge in [0.15, 0.2) is 0 Å². The van der Waals surface area contributed by atoms with Gasteiger partial charge < -0.3 is 5.32 Å². The fourth-order valence-corrected chi connectivity index (χ4v) is 2.16. The molecule has 1 aromatic carbocycles. The molecule has 116 valence electrons. The smallest absolute Gasteiger partial charge is 0.334 e. The predicted octanol–water partition coefficient (Wildman–Crippen LogP) is 0.156. The number of carbonyl (C=O) groups is 4. The van der Waals surface area contributed by atoms with Gasteiger partial charge in [-0.05, 0) is 18.9 Å². The van der Waals surface area contributed by atoms with E-state index in [4.69, 9.17) is 0 Å². The van der Waals surface area contributed by atoms with E-state index >= 15 is 0 Å². The third-order valence-corrected chi connectivity index (χ3v) is 3.33. The van der Waals surface area contributed by atoms with Crippen molar-refractivity contribution in [1.82, 2.24) is 15.1 Å². The quantitative estimate of drug-likeness (QED) is 0.599. The van der Waals surface area contributed by atoms with Crippen LogP contribution in [-0.4, -0.2) is 53.2 Å². The average Bonchev–Trinajstić information content (AvgIpc) is 2.72. The molecule has 1 saturated heterocycles. The molecule has 1 aliphatic heterocycles. The molecule has 0 atom stereocenters.